The van der Waals surface area contributed by atoms with Crippen LogP contribution in [0.5, 0.6) is 0 Å². The average molecular weight is 483 g/mol. The van der Waals surface area contributed by atoms with Crippen molar-refractivity contribution in [1.82, 2.24) is 14.9 Å². The van der Waals surface area contributed by atoms with Gasteiger partial charge in [-0.05, 0) is 55.2 Å². The highest BCUT2D eigenvalue weighted by atomic mass is 79.9. The summed E-state index contributed by atoms with van der Waals surface area (Å²) in [4.78, 5) is 12.2. The second-order valence-corrected chi connectivity index (χ2v) is 10.5. The monoisotopic (exact) mass is 482 g/mol. The second-order valence-electron chi connectivity index (χ2n) is 9.55. The first-order valence-electron chi connectivity index (χ1n) is 10.9. The standard InChI is InChI=1S/C25H31BrN4O/c1-16-13-30(14-17(2)31-16)15-23-28-22-12-19(26)8-11-21(22)24(29-23)27-20-9-6-18(7-10-20)25(3,4)5/h6-12,16-17H,13-15H2,1-5H3,(H,27,28,29). The SMILES string of the molecule is CC1CN(Cc2nc(Nc3ccc(C(C)(C)C)cc3)c3ccc(Br)cc3n2)CC(C)O1. The molecule has 0 radical (unpaired) electrons. The number of benzene rings is 2. The third kappa shape index (κ3) is 5.43. The topological polar surface area (TPSA) is 50.3 Å². The van der Waals surface area contributed by atoms with Gasteiger partial charge in [-0.1, -0.05) is 48.8 Å². The molecule has 5 nitrogen and oxygen atoms in total. The van der Waals surface area contributed by atoms with E-state index in [0.29, 0.717) is 6.54 Å². The number of aromatic nitrogens is 2. The summed E-state index contributed by atoms with van der Waals surface area (Å²) in [7, 11) is 0. The van der Waals surface area contributed by atoms with E-state index in [1.807, 2.05) is 6.07 Å². The maximum Gasteiger partial charge on any atom is 0.145 e. The Kier molecular flexibility index (Phi) is 6.33. The molecule has 2 unspecified atom stereocenters. The summed E-state index contributed by atoms with van der Waals surface area (Å²) in [5.74, 6) is 1.66. The summed E-state index contributed by atoms with van der Waals surface area (Å²) in [6.07, 6.45) is 0.439. The van der Waals surface area contributed by atoms with E-state index in [9.17, 15) is 0 Å². The van der Waals surface area contributed by atoms with Crippen molar-refractivity contribution in [3.05, 3.63) is 58.3 Å². The molecule has 0 spiro atoms. The average Bonchev–Trinajstić information content (AvgIpc) is 2.66. The minimum Gasteiger partial charge on any atom is -0.373 e. The number of anilines is 2. The van der Waals surface area contributed by atoms with Crippen LogP contribution in [0.15, 0.2) is 46.9 Å². The molecule has 0 aliphatic carbocycles. The van der Waals surface area contributed by atoms with Gasteiger partial charge in [-0.2, -0.15) is 0 Å². The Morgan fingerprint density at radius 2 is 1.71 bits per heavy atom. The van der Waals surface area contributed by atoms with Crippen molar-refractivity contribution >= 4 is 38.3 Å². The van der Waals surface area contributed by atoms with E-state index in [1.54, 1.807) is 0 Å². The fourth-order valence-electron chi connectivity index (χ4n) is 4.12. The molecule has 4 rings (SSSR count). The molecule has 2 heterocycles. The lowest BCUT2D eigenvalue weighted by atomic mass is 9.87. The molecule has 1 N–H and O–H groups in total. The van der Waals surface area contributed by atoms with Gasteiger partial charge >= 0.3 is 0 Å². The molecule has 0 amide bonds. The molecule has 1 aliphatic heterocycles. The van der Waals surface area contributed by atoms with Gasteiger partial charge < -0.3 is 10.1 Å². The first-order chi connectivity index (χ1) is 14.7. The van der Waals surface area contributed by atoms with Gasteiger partial charge in [0.25, 0.3) is 0 Å². The normalized spacial score (nSPS) is 20.2. The number of ether oxygens (including phenoxy) is 1. The number of hydrogen-bond donors (Lipinski definition) is 1. The fourth-order valence-corrected chi connectivity index (χ4v) is 4.47. The molecule has 2 aromatic carbocycles. The van der Waals surface area contributed by atoms with Crippen LogP contribution in [0.1, 0.15) is 46.0 Å². The number of morpholine rings is 1. The Morgan fingerprint density at radius 3 is 2.35 bits per heavy atom. The lowest BCUT2D eigenvalue weighted by Crippen LogP contribution is -2.45. The summed E-state index contributed by atoms with van der Waals surface area (Å²) < 4.78 is 6.89. The van der Waals surface area contributed by atoms with Gasteiger partial charge in [0, 0.05) is 28.6 Å². The van der Waals surface area contributed by atoms with Crippen molar-refractivity contribution in [2.24, 2.45) is 0 Å². The molecule has 31 heavy (non-hydrogen) atoms. The minimum absolute atomic E-state index is 0.131. The summed E-state index contributed by atoms with van der Waals surface area (Å²) >= 11 is 3.58. The summed E-state index contributed by atoms with van der Waals surface area (Å²) in [6, 6.07) is 14.8. The number of nitrogens with one attached hydrogen (secondary N) is 1. The van der Waals surface area contributed by atoms with E-state index in [4.69, 9.17) is 14.7 Å². The van der Waals surface area contributed by atoms with E-state index in [1.165, 1.54) is 5.56 Å². The Hall–Kier alpha value is -2.02. The maximum absolute atomic E-state index is 5.88. The zero-order valence-corrected chi connectivity index (χ0v) is 20.5. The van der Waals surface area contributed by atoms with Crippen LogP contribution in [0.3, 0.4) is 0 Å². The Labute approximate surface area is 193 Å². The van der Waals surface area contributed by atoms with Gasteiger partial charge in [0.15, 0.2) is 0 Å². The summed E-state index contributed by atoms with van der Waals surface area (Å²) in [6.45, 7) is 13.4. The highest BCUT2D eigenvalue weighted by Crippen LogP contribution is 2.29. The highest BCUT2D eigenvalue weighted by Gasteiger charge is 2.23. The van der Waals surface area contributed by atoms with Gasteiger partial charge in [0.1, 0.15) is 11.6 Å². The van der Waals surface area contributed by atoms with Crippen molar-refractivity contribution in [3.63, 3.8) is 0 Å². The van der Waals surface area contributed by atoms with Crippen molar-refractivity contribution in [1.29, 1.82) is 0 Å². The van der Waals surface area contributed by atoms with Gasteiger partial charge in [-0.25, -0.2) is 9.97 Å². The second kappa shape index (κ2) is 8.85. The lowest BCUT2D eigenvalue weighted by Gasteiger charge is -2.34. The van der Waals surface area contributed by atoms with Crippen LogP contribution in [-0.2, 0) is 16.7 Å². The third-order valence-corrected chi connectivity index (χ3v) is 6.07. The van der Waals surface area contributed by atoms with Crippen molar-refractivity contribution in [3.8, 4) is 0 Å². The number of fused-ring (bicyclic) bond motifs is 1. The van der Waals surface area contributed by atoms with Crippen molar-refractivity contribution < 1.29 is 4.74 Å². The zero-order chi connectivity index (χ0) is 22.2. The van der Waals surface area contributed by atoms with Gasteiger partial charge in [0.05, 0.1) is 24.3 Å². The molecule has 164 valence electrons. The molecule has 1 aliphatic rings. The molecular formula is C25H31BrN4O. The lowest BCUT2D eigenvalue weighted by molar-refractivity contribution is -0.0710. The Morgan fingerprint density at radius 1 is 1.03 bits per heavy atom. The Bertz CT molecular complexity index is 1050. The van der Waals surface area contributed by atoms with Crippen LogP contribution in [-0.4, -0.2) is 40.2 Å². The molecule has 6 heteroatoms. The molecule has 1 fully saturated rings. The summed E-state index contributed by atoms with van der Waals surface area (Å²) in [5, 5.41) is 4.54. The number of rotatable bonds is 4. The maximum atomic E-state index is 5.88. The molecule has 3 aromatic rings. The first kappa shape index (κ1) is 22.2. The molecule has 2 atom stereocenters. The van der Waals surface area contributed by atoms with Gasteiger partial charge in [0.2, 0.25) is 0 Å². The van der Waals surface area contributed by atoms with Crippen LogP contribution in [0.2, 0.25) is 0 Å². The van der Waals surface area contributed by atoms with Gasteiger partial charge in [-0.15, -0.1) is 0 Å². The van der Waals surface area contributed by atoms with Crippen LogP contribution in [0, 0.1) is 0 Å². The smallest absolute Gasteiger partial charge is 0.145 e. The number of nitrogens with zero attached hydrogens (tertiary/aromatic N) is 3. The third-order valence-electron chi connectivity index (χ3n) is 5.58. The molecule has 0 bridgehead atoms. The first-order valence-corrected chi connectivity index (χ1v) is 11.7. The fraction of sp³-hybridized carbons (Fsp3) is 0.440. The van der Waals surface area contributed by atoms with E-state index >= 15 is 0 Å². The van der Waals surface area contributed by atoms with Crippen LogP contribution in [0.25, 0.3) is 10.9 Å². The van der Waals surface area contributed by atoms with Crippen molar-refractivity contribution in [2.45, 2.75) is 58.8 Å². The predicted molar refractivity (Wildman–Crippen MR) is 131 cm³/mol. The number of halogens is 1. The highest BCUT2D eigenvalue weighted by molar-refractivity contribution is 9.10. The molecule has 1 aromatic heterocycles. The van der Waals surface area contributed by atoms with E-state index in [2.05, 4.69) is 97.2 Å². The molecule has 1 saturated heterocycles. The van der Waals surface area contributed by atoms with Crippen LogP contribution < -0.4 is 5.32 Å². The van der Waals surface area contributed by atoms with E-state index < -0.39 is 0 Å². The van der Waals surface area contributed by atoms with Gasteiger partial charge in [-0.3, -0.25) is 4.90 Å². The molecular weight excluding hydrogens is 452 g/mol. The summed E-state index contributed by atoms with van der Waals surface area (Å²) in [5.41, 5.74) is 3.40. The number of hydrogen-bond acceptors (Lipinski definition) is 5. The quantitative estimate of drug-likeness (QED) is 0.490. The van der Waals surface area contributed by atoms with Crippen molar-refractivity contribution in [2.75, 3.05) is 18.4 Å². The minimum atomic E-state index is 0.131. The molecule has 0 saturated carbocycles. The Balaban J connectivity index is 1.65. The van der Waals surface area contributed by atoms with Crippen LogP contribution >= 0.6 is 15.9 Å². The zero-order valence-electron chi connectivity index (χ0n) is 18.9. The predicted octanol–water partition coefficient (Wildman–Crippen LogP) is 6.04. The van der Waals surface area contributed by atoms with E-state index in [-0.39, 0.29) is 17.6 Å². The van der Waals surface area contributed by atoms with Crippen LogP contribution in [0.4, 0.5) is 11.5 Å². The van der Waals surface area contributed by atoms with E-state index in [0.717, 1.165) is 45.8 Å². The largest absolute Gasteiger partial charge is 0.373 e.